The molecule has 5 heteroatoms. The molecule has 1 aromatic heterocycles. The summed E-state index contributed by atoms with van der Waals surface area (Å²) >= 11 is 0. The average molecular weight is 244 g/mol. The van der Waals surface area contributed by atoms with Gasteiger partial charge in [-0.15, -0.1) is 0 Å². The topological polar surface area (TPSA) is 53.6 Å². The molecule has 4 nitrogen and oxygen atoms in total. The van der Waals surface area contributed by atoms with Crippen LogP contribution in [0, 0.1) is 24.1 Å². The van der Waals surface area contributed by atoms with Crippen LogP contribution in [0.5, 0.6) is 0 Å². The highest BCUT2D eigenvalue weighted by Crippen LogP contribution is 2.15. The molecule has 0 fully saturated rings. The highest BCUT2D eigenvalue weighted by atomic mass is 19.1. The maximum absolute atomic E-state index is 12.9. The molecule has 1 aromatic carbocycles. The highest BCUT2D eigenvalue weighted by molar-refractivity contribution is 5.57. The molecular weight excluding hydrogens is 231 g/mol. The predicted octanol–water partition coefficient (Wildman–Crippen LogP) is 2.31. The number of nitriles is 1. The van der Waals surface area contributed by atoms with Crippen LogP contribution >= 0.6 is 0 Å². The maximum Gasteiger partial charge on any atom is 0.124 e. The Labute approximate surface area is 105 Å². The van der Waals surface area contributed by atoms with Crippen LogP contribution in [0.25, 0.3) is 0 Å². The van der Waals surface area contributed by atoms with Crippen molar-refractivity contribution < 1.29 is 4.39 Å². The van der Waals surface area contributed by atoms with Crippen LogP contribution in [0.3, 0.4) is 0 Å². The standard InChI is InChI=1S/C13H13FN4/c1-10-8-17-18(9-10)5-4-16-13-3-2-12(14)6-11(13)7-15/h2-3,6,8-9,16H,4-5H2,1H3. The Morgan fingerprint density at radius 3 is 3.00 bits per heavy atom. The summed E-state index contributed by atoms with van der Waals surface area (Å²) in [6, 6.07) is 6.09. The molecule has 0 spiro atoms. The van der Waals surface area contributed by atoms with E-state index in [0.29, 0.717) is 24.3 Å². The van der Waals surface area contributed by atoms with Gasteiger partial charge in [-0.25, -0.2) is 4.39 Å². The molecule has 92 valence electrons. The molecule has 0 saturated heterocycles. The monoisotopic (exact) mass is 244 g/mol. The molecule has 2 rings (SSSR count). The van der Waals surface area contributed by atoms with Gasteiger partial charge in [-0.1, -0.05) is 0 Å². The lowest BCUT2D eigenvalue weighted by molar-refractivity contribution is 0.626. The summed E-state index contributed by atoms with van der Waals surface area (Å²) in [6.45, 7) is 3.29. The van der Waals surface area contributed by atoms with Gasteiger partial charge in [-0.3, -0.25) is 4.68 Å². The van der Waals surface area contributed by atoms with E-state index in [1.54, 1.807) is 12.3 Å². The lowest BCUT2D eigenvalue weighted by Gasteiger charge is -2.08. The number of nitrogens with zero attached hydrogens (tertiary/aromatic N) is 3. The van der Waals surface area contributed by atoms with E-state index in [1.807, 2.05) is 23.9 Å². The Bertz CT molecular complexity index is 583. The number of hydrogen-bond acceptors (Lipinski definition) is 3. The molecule has 0 radical (unpaired) electrons. The van der Waals surface area contributed by atoms with Gasteiger partial charge in [0.05, 0.1) is 24.0 Å². The van der Waals surface area contributed by atoms with Gasteiger partial charge in [0.1, 0.15) is 11.9 Å². The van der Waals surface area contributed by atoms with Gasteiger partial charge >= 0.3 is 0 Å². The fourth-order valence-corrected chi connectivity index (χ4v) is 1.66. The van der Waals surface area contributed by atoms with Crippen LogP contribution in [0.1, 0.15) is 11.1 Å². The second kappa shape index (κ2) is 5.32. The van der Waals surface area contributed by atoms with Crippen molar-refractivity contribution in [2.45, 2.75) is 13.5 Å². The quantitative estimate of drug-likeness (QED) is 0.898. The minimum absolute atomic E-state index is 0.312. The second-order valence-corrected chi connectivity index (χ2v) is 4.01. The number of benzene rings is 1. The van der Waals surface area contributed by atoms with Crippen molar-refractivity contribution in [3.63, 3.8) is 0 Å². The Hall–Kier alpha value is -2.35. The number of aryl methyl sites for hydroxylation is 1. The number of rotatable bonds is 4. The molecule has 0 bridgehead atoms. The van der Waals surface area contributed by atoms with Gasteiger partial charge in [-0.05, 0) is 30.7 Å². The van der Waals surface area contributed by atoms with E-state index in [9.17, 15) is 4.39 Å². The van der Waals surface area contributed by atoms with E-state index >= 15 is 0 Å². The maximum atomic E-state index is 12.9. The number of anilines is 1. The van der Waals surface area contributed by atoms with Gasteiger partial charge in [-0.2, -0.15) is 10.4 Å². The fraction of sp³-hybridized carbons (Fsp3) is 0.231. The molecule has 0 amide bonds. The smallest absolute Gasteiger partial charge is 0.124 e. The third-order valence-corrected chi connectivity index (χ3v) is 2.52. The average Bonchev–Trinajstić information content (AvgIpc) is 2.77. The lowest BCUT2D eigenvalue weighted by atomic mass is 10.2. The zero-order valence-corrected chi connectivity index (χ0v) is 10.0. The van der Waals surface area contributed by atoms with Gasteiger partial charge < -0.3 is 5.32 Å². The Morgan fingerprint density at radius 1 is 1.50 bits per heavy atom. The van der Waals surface area contributed by atoms with Crippen molar-refractivity contribution in [2.24, 2.45) is 0 Å². The fourth-order valence-electron chi connectivity index (χ4n) is 1.66. The van der Waals surface area contributed by atoms with Crippen molar-refractivity contribution in [2.75, 3.05) is 11.9 Å². The molecular formula is C13H13FN4. The summed E-state index contributed by atoms with van der Waals surface area (Å²) in [5.41, 5.74) is 2.06. The molecule has 0 aliphatic carbocycles. The third-order valence-electron chi connectivity index (χ3n) is 2.52. The SMILES string of the molecule is Cc1cnn(CCNc2ccc(F)cc2C#N)c1. The molecule has 0 atom stereocenters. The largest absolute Gasteiger partial charge is 0.382 e. The summed E-state index contributed by atoms with van der Waals surface area (Å²) in [5, 5.41) is 16.1. The van der Waals surface area contributed by atoms with Crippen molar-refractivity contribution in [1.82, 2.24) is 9.78 Å². The van der Waals surface area contributed by atoms with E-state index in [4.69, 9.17) is 5.26 Å². The summed E-state index contributed by atoms with van der Waals surface area (Å²) in [4.78, 5) is 0. The van der Waals surface area contributed by atoms with Gasteiger partial charge in [0, 0.05) is 12.7 Å². The van der Waals surface area contributed by atoms with Gasteiger partial charge in [0.2, 0.25) is 0 Å². The summed E-state index contributed by atoms with van der Waals surface area (Å²) < 4.78 is 14.7. The zero-order chi connectivity index (χ0) is 13.0. The number of halogens is 1. The van der Waals surface area contributed by atoms with E-state index in [1.165, 1.54) is 12.1 Å². The minimum atomic E-state index is -0.403. The molecule has 2 aromatic rings. The first-order valence-electron chi connectivity index (χ1n) is 5.61. The van der Waals surface area contributed by atoms with E-state index in [-0.39, 0.29) is 0 Å². The van der Waals surface area contributed by atoms with Gasteiger partial charge in [0.25, 0.3) is 0 Å². The Balaban J connectivity index is 1.96. The first-order valence-corrected chi connectivity index (χ1v) is 5.61. The number of nitrogens with one attached hydrogen (secondary N) is 1. The first-order chi connectivity index (χ1) is 8.69. The number of hydrogen-bond donors (Lipinski definition) is 1. The summed E-state index contributed by atoms with van der Waals surface area (Å²) in [7, 11) is 0. The van der Waals surface area contributed by atoms with Crippen LogP contribution < -0.4 is 5.32 Å². The molecule has 0 aliphatic heterocycles. The van der Waals surface area contributed by atoms with Crippen molar-refractivity contribution in [3.8, 4) is 6.07 Å². The van der Waals surface area contributed by atoms with Crippen molar-refractivity contribution in [1.29, 1.82) is 5.26 Å². The third kappa shape index (κ3) is 2.86. The van der Waals surface area contributed by atoms with Gasteiger partial charge in [0.15, 0.2) is 0 Å². The molecule has 18 heavy (non-hydrogen) atoms. The highest BCUT2D eigenvalue weighted by Gasteiger charge is 2.03. The predicted molar refractivity (Wildman–Crippen MR) is 66.6 cm³/mol. The molecule has 0 aliphatic rings. The molecule has 0 saturated carbocycles. The summed E-state index contributed by atoms with van der Waals surface area (Å²) in [6.07, 6.45) is 3.73. The second-order valence-electron chi connectivity index (χ2n) is 4.01. The molecule has 1 N–H and O–H groups in total. The Kier molecular flexibility index (Phi) is 3.58. The molecule has 1 heterocycles. The normalized spacial score (nSPS) is 10.1. The molecule has 0 unspecified atom stereocenters. The van der Waals surface area contributed by atoms with E-state index in [0.717, 1.165) is 5.56 Å². The van der Waals surface area contributed by atoms with Crippen LogP contribution in [0.4, 0.5) is 10.1 Å². The van der Waals surface area contributed by atoms with Crippen LogP contribution in [-0.2, 0) is 6.54 Å². The first kappa shape index (κ1) is 12.1. The van der Waals surface area contributed by atoms with Crippen LogP contribution in [0.15, 0.2) is 30.6 Å². The zero-order valence-electron chi connectivity index (χ0n) is 10.0. The van der Waals surface area contributed by atoms with Crippen LogP contribution in [-0.4, -0.2) is 16.3 Å². The minimum Gasteiger partial charge on any atom is -0.382 e. The summed E-state index contributed by atoms with van der Waals surface area (Å²) in [5.74, 6) is -0.403. The number of aromatic nitrogens is 2. The van der Waals surface area contributed by atoms with E-state index < -0.39 is 5.82 Å². The van der Waals surface area contributed by atoms with Crippen molar-refractivity contribution in [3.05, 3.63) is 47.5 Å². The van der Waals surface area contributed by atoms with Crippen molar-refractivity contribution >= 4 is 5.69 Å². The lowest BCUT2D eigenvalue weighted by Crippen LogP contribution is -2.11. The van der Waals surface area contributed by atoms with Crippen LogP contribution in [0.2, 0.25) is 0 Å². The van der Waals surface area contributed by atoms with E-state index in [2.05, 4.69) is 10.4 Å². The Morgan fingerprint density at radius 2 is 2.33 bits per heavy atom.